The summed E-state index contributed by atoms with van der Waals surface area (Å²) < 4.78 is 14.0. The number of aliphatic imine (C=N–C) groups is 1. The molecule has 0 unspecified atom stereocenters. The number of rotatable bonds is 1. The molecule has 0 spiro atoms. The van der Waals surface area contributed by atoms with Gasteiger partial charge in [0, 0.05) is 11.1 Å². The minimum Gasteiger partial charge on any atom is -0.322 e. The van der Waals surface area contributed by atoms with Gasteiger partial charge in [-0.3, -0.25) is 9.79 Å². The molecule has 3 rings (SSSR count). The van der Waals surface area contributed by atoms with Gasteiger partial charge in [-0.2, -0.15) is 0 Å². The maximum absolute atomic E-state index is 14.0. The molecule has 100 valence electrons. The van der Waals surface area contributed by atoms with Crippen LogP contribution in [0.4, 0.5) is 10.1 Å². The van der Waals surface area contributed by atoms with E-state index in [-0.39, 0.29) is 0 Å². The van der Waals surface area contributed by atoms with Crippen LogP contribution in [0, 0.1) is 5.82 Å². The smallest absolute Gasteiger partial charge is 0.263 e. The summed E-state index contributed by atoms with van der Waals surface area (Å²) in [6, 6.07) is 13.4. The van der Waals surface area contributed by atoms with E-state index in [1.807, 2.05) is 0 Å². The van der Waals surface area contributed by atoms with Crippen molar-refractivity contribution in [3.05, 3.63) is 65.5 Å². The number of hydrogen-bond donors (Lipinski definition) is 2. The van der Waals surface area contributed by atoms with Gasteiger partial charge in [0.2, 0.25) is 0 Å². The Morgan fingerprint density at radius 2 is 1.70 bits per heavy atom. The van der Waals surface area contributed by atoms with E-state index in [2.05, 4.69) is 10.3 Å². The topological polar surface area (TPSA) is 67.5 Å². The van der Waals surface area contributed by atoms with Crippen molar-refractivity contribution in [2.24, 2.45) is 10.7 Å². The Morgan fingerprint density at radius 3 is 2.45 bits per heavy atom. The van der Waals surface area contributed by atoms with Gasteiger partial charge in [-0.1, -0.05) is 30.3 Å². The van der Waals surface area contributed by atoms with Crippen molar-refractivity contribution in [2.45, 2.75) is 6.17 Å². The predicted octanol–water partition coefficient (Wildman–Crippen LogP) is 1.90. The Bertz CT molecular complexity index is 712. The lowest BCUT2D eigenvalue weighted by Crippen LogP contribution is -2.33. The number of carbonyl (C=O) groups is 1. The first kappa shape index (κ1) is 12.5. The monoisotopic (exact) mass is 269 g/mol. The van der Waals surface area contributed by atoms with Crippen LogP contribution >= 0.6 is 0 Å². The summed E-state index contributed by atoms with van der Waals surface area (Å²) in [7, 11) is 0. The number of para-hydroxylation sites is 1. The van der Waals surface area contributed by atoms with E-state index in [1.165, 1.54) is 6.07 Å². The van der Waals surface area contributed by atoms with E-state index in [1.54, 1.807) is 42.5 Å². The molecule has 0 saturated heterocycles. The highest BCUT2D eigenvalue weighted by atomic mass is 19.1. The van der Waals surface area contributed by atoms with Crippen molar-refractivity contribution < 1.29 is 9.18 Å². The number of fused-ring (bicyclic) bond motifs is 1. The van der Waals surface area contributed by atoms with Gasteiger partial charge in [0.25, 0.3) is 5.91 Å². The van der Waals surface area contributed by atoms with Gasteiger partial charge in [-0.05, 0) is 18.2 Å². The Balaban J connectivity index is 2.25. The highest BCUT2D eigenvalue weighted by Crippen LogP contribution is 2.24. The van der Waals surface area contributed by atoms with Crippen LogP contribution in [0.15, 0.2) is 53.5 Å². The van der Waals surface area contributed by atoms with E-state index in [4.69, 9.17) is 5.73 Å². The molecule has 1 amide bonds. The second kappa shape index (κ2) is 4.86. The largest absolute Gasteiger partial charge is 0.322 e. The molecule has 4 nitrogen and oxygen atoms in total. The molecule has 3 N–H and O–H groups in total. The first-order valence-corrected chi connectivity index (χ1v) is 6.15. The quantitative estimate of drug-likeness (QED) is 0.830. The van der Waals surface area contributed by atoms with E-state index < -0.39 is 17.9 Å². The average Bonchev–Trinajstić information content (AvgIpc) is 2.57. The first-order valence-electron chi connectivity index (χ1n) is 6.15. The first-order chi connectivity index (χ1) is 9.66. The molecule has 0 saturated carbocycles. The number of anilines is 1. The Morgan fingerprint density at radius 1 is 1.05 bits per heavy atom. The number of benzene rings is 2. The van der Waals surface area contributed by atoms with Crippen molar-refractivity contribution in [1.82, 2.24) is 0 Å². The lowest BCUT2D eigenvalue weighted by Gasteiger charge is -2.10. The fourth-order valence-corrected chi connectivity index (χ4v) is 2.14. The molecule has 0 fully saturated rings. The zero-order valence-electron chi connectivity index (χ0n) is 10.5. The summed E-state index contributed by atoms with van der Waals surface area (Å²) in [6.45, 7) is 0. The molecule has 1 heterocycles. The molecule has 0 aliphatic carbocycles. The molecule has 0 radical (unpaired) electrons. The van der Waals surface area contributed by atoms with Gasteiger partial charge in [0.05, 0.1) is 11.4 Å². The standard InChI is InChI=1S/C15H12FN3O/c16-11-7-3-1-5-9(11)13-10-6-2-4-8-12(10)18-15(20)14(17)19-13/h1-8,14H,17H2,(H,18,20)/t14-/m0/s1. The second-order valence-corrected chi connectivity index (χ2v) is 4.44. The zero-order valence-corrected chi connectivity index (χ0v) is 10.5. The Kier molecular flexibility index (Phi) is 3.04. The Hall–Kier alpha value is -2.53. The predicted molar refractivity (Wildman–Crippen MR) is 75.1 cm³/mol. The molecule has 0 aromatic heterocycles. The van der Waals surface area contributed by atoms with Crippen molar-refractivity contribution in [3.8, 4) is 0 Å². The van der Waals surface area contributed by atoms with Crippen molar-refractivity contribution >= 4 is 17.3 Å². The van der Waals surface area contributed by atoms with Gasteiger partial charge in [-0.15, -0.1) is 0 Å². The van der Waals surface area contributed by atoms with Gasteiger partial charge >= 0.3 is 0 Å². The second-order valence-electron chi connectivity index (χ2n) is 4.44. The lowest BCUT2D eigenvalue weighted by molar-refractivity contribution is -0.117. The van der Waals surface area contributed by atoms with Crippen LogP contribution < -0.4 is 11.1 Å². The maximum atomic E-state index is 14.0. The third kappa shape index (κ3) is 2.08. The van der Waals surface area contributed by atoms with Crippen LogP contribution in [0.5, 0.6) is 0 Å². The summed E-state index contributed by atoms with van der Waals surface area (Å²) in [5, 5.41) is 2.69. The van der Waals surface area contributed by atoms with Gasteiger partial charge < -0.3 is 11.1 Å². The fourth-order valence-electron chi connectivity index (χ4n) is 2.14. The van der Waals surface area contributed by atoms with Crippen molar-refractivity contribution in [2.75, 3.05) is 5.32 Å². The number of nitrogens with two attached hydrogens (primary N) is 1. The van der Waals surface area contributed by atoms with Crippen LogP contribution in [0.25, 0.3) is 0 Å². The van der Waals surface area contributed by atoms with Crippen LogP contribution in [0.2, 0.25) is 0 Å². The fraction of sp³-hybridized carbons (Fsp3) is 0.0667. The molecule has 2 aromatic rings. The van der Waals surface area contributed by atoms with E-state index in [0.29, 0.717) is 22.5 Å². The number of amides is 1. The minimum atomic E-state index is -1.06. The number of nitrogens with zero attached hydrogens (tertiary/aromatic N) is 1. The summed E-state index contributed by atoms with van der Waals surface area (Å²) in [6.07, 6.45) is -1.06. The molecular weight excluding hydrogens is 257 g/mol. The number of halogens is 1. The van der Waals surface area contributed by atoms with Crippen LogP contribution in [-0.2, 0) is 4.79 Å². The summed E-state index contributed by atoms with van der Waals surface area (Å²) in [5.41, 5.74) is 7.65. The highest BCUT2D eigenvalue weighted by molar-refractivity contribution is 6.19. The SMILES string of the molecule is N[C@H]1N=C(c2ccccc2F)c2ccccc2NC1=O. The molecule has 2 aromatic carbocycles. The third-order valence-electron chi connectivity index (χ3n) is 3.11. The summed E-state index contributed by atoms with van der Waals surface area (Å²) in [4.78, 5) is 16.0. The minimum absolute atomic E-state index is 0.326. The van der Waals surface area contributed by atoms with E-state index in [0.717, 1.165) is 0 Å². The van der Waals surface area contributed by atoms with Crippen LogP contribution in [0.1, 0.15) is 11.1 Å². The van der Waals surface area contributed by atoms with Gasteiger partial charge in [0.15, 0.2) is 6.17 Å². The van der Waals surface area contributed by atoms with Crippen molar-refractivity contribution in [3.63, 3.8) is 0 Å². The molecule has 1 aliphatic rings. The maximum Gasteiger partial charge on any atom is 0.263 e. The highest BCUT2D eigenvalue weighted by Gasteiger charge is 2.23. The van der Waals surface area contributed by atoms with Crippen LogP contribution in [0.3, 0.4) is 0 Å². The molecular formula is C15H12FN3O. The number of benzodiazepines with no additional fused rings is 1. The number of nitrogens with one attached hydrogen (secondary N) is 1. The summed E-state index contributed by atoms with van der Waals surface area (Å²) >= 11 is 0. The van der Waals surface area contributed by atoms with Crippen LogP contribution in [-0.4, -0.2) is 17.8 Å². The average molecular weight is 269 g/mol. The third-order valence-corrected chi connectivity index (χ3v) is 3.11. The number of carbonyl (C=O) groups excluding carboxylic acids is 1. The Labute approximate surface area is 115 Å². The molecule has 1 aliphatic heterocycles. The molecule has 20 heavy (non-hydrogen) atoms. The van der Waals surface area contributed by atoms with Gasteiger partial charge in [0.1, 0.15) is 5.82 Å². The number of hydrogen-bond acceptors (Lipinski definition) is 3. The van der Waals surface area contributed by atoms with Crippen molar-refractivity contribution in [1.29, 1.82) is 0 Å². The molecule has 0 bridgehead atoms. The van der Waals surface area contributed by atoms with E-state index >= 15 is 0 Å². The molecule has 5 heteroatoms. The lowest BCUT2D eigenvalue weighted by atomic mass is 10.0. The summed E-state index contributed by atoms with van der Waals surface area (Å²) in [5.74, 6) is -0.814. The van der Waals surface area contributed by atoms with E-state index in [9.17, 15) is 9.18 Å². The zero-order chi connectivity index (χ0) is 14.1. The van der Waals surface area contributed by atoms with Gasteiger partial charge in [-0.25, -0.2) is 4.39 Å². The normalized spacial score (nSPS) is 17.8. The molecule has 1 atom stereocenters.